The molecule has 2 atom stereocenters. The molecule has 9 heteroatoms. The van der Waals surface area contributed by atoms with Crippen molar-refractivity contribution in [2.75, 3.05) is 22.9 Å². The molecule has 2 aromatic rings. The maximum absolute atomic E-state index is 18.3. The average molecular weight is 855 g/mol. The van der Waals surface area contributed by atoms with Gasteiger partial charge in [0.05, 0.1) is 0 Å². The molecule has 0 aliphatic heterocycles. The number of nitrogens with zero attached hydrogens (tertiary/aromatic N) is 2. The summed E-state index contributed by atoms with van der Waals surface area (Å²) < 4.78 is 71.6. The van der Waals surface area contributed by atoms with Crippen LogP contribution >= 0.6 is 0 Å². The van der Waals surface area contributed by atoms with Gasteiger partial charge >= 0.3 is 358 Å². The van der Waals surface area contributed by atoms with Gasteiger partial charge in [-0.05, 0) is 0 Å². The van der Waals surface area contributed by atoms with E-state index in [-0.39, 0.29) is 68.7 Å². The standard InChI is InChI=1S/2C20H30F2NO.2C5H5.Ti/c2*1-7-10-20(5,6)19(24)23(13-15(4)11-14(2)3)18-9-8-16(21)12-17(18)22;2*1-2-4-5-3-1;/h2*8-9,14-15H,7,10-11,13H2,1-6H3;2*1-3H,4H2;. The van der Waals surface area contributed by atoms with Crippen LogP contribution in [0.3, 0.4) is 0 Å². The monoisotopic (exact) mass is 854 g/mol. The molecule has 2 aromatic carbocycles. The van der Waals surface area contributed by atoms with Crippen molar-refractivity contribution in [3.8, 4) is 0 Å². The molecule has 0 radical (unpaired) electrons. The van der Waals surface area contributed by atoms with E-state index in [1.807, 2.05) is 67.5 Å². The minimum atomic E-state index is -5.35. The molecule has 2 unspecified atom stereocenters. The first-order valence-electron chi connectivity index (χ1n) is 22.0. The van der Waals surface area contributed by atoms with Crippen LogP contribution in [0, 0.1) is 57.8 Å². The fourth-order valence-electron chi connectivity index (χ4n) is 9.77. The van der Waals surface area contributed by atoms with Crippen LogP contribution in [0.25, 0.3) is 0 Å². The van der Waals surface area contributed by atoms with Gasteiger partial charge in [0.25, 0.3) is 0 Å². The van der Waals surface area contributed by atoms with Gasteiger partial charge in [0.2, 0.25) is 0 Å². The summed E-state index contributed by atoms with van der Waals surface area (Å²) in [5.41, 5.74) is -1.89. The average Bonchev–Trinajstić information content (AvgIpc) is 3.88. The van der Waals surface area contributed by atoms with Gasteiger partial charge in [0.15, 0.2) is 0 Å². The molecule has 324 valence electrons. The molecule has 0 N–H and O–H groups in total. The van der Waals surface area contributed by atoms with Crippen molar-refractivity contribution in [1.29, 1.82) is 0 Å². The summed E-state index contributed by atoms with van der Waals surface area (Å²) in [6.07, 6.45) is 15.4. The molecule has 0 saturated heterocycles. The molecule has 2 aliphatic rings. The van der Waals surface area contributed by atoms with E-state index >= 15 is 17.6 Å². The van der Waals surface area contributed by atoms with E-state index in [2.05, 4.69) is 27.7 Å². The van der Waals surface area contributed by atoms with Gasteiger partial charge in [-0.2, -0.15) is 0 Å². The third-order valence-corrected chi connectivity index (χ3v) is 20.1. The Morgan fingerprint density at radius 2 is 0.983 bits per heavy atom. The van der Waals surface area contributed by atoms with Crippen molar-refractivity contribution in [1.82, 2.24) is 0 Å². The molecule has 59 heavy (non-hydrogen) atoms. The Kier molecular flexibility index (Phi) is 16.5. The van der Waals surface area contributed by atoms with Gasteiger partial charge in [-0.1, -0.05) is 0 Å². The molecule has 0 saturated carbocycles. The summed E-state index contributed by atoms with van der Waals surface area (Å²) in [4.78, 5) is 32.2. The van der Waals surface area contributed by atoms with Crippen LogP contribution in [0.2, 0.25) is 0 Å². The molecule has 4 rings (SSSR count). The quantitative estimate of drug-likeness (QED) is 0.0983. The van der Waals surface area contributed by atoms with Gasteiger partial charge in [-0.15, -0.1) is 0 Å². The summed E-state index contributed by atoms with van der Waals surface area (Å²) in [5, 5.41) is 0. The molecule has 0 bridgehead atoms. The third-order valence-electron chi connectivity index (χ3n) is 12.1. The van der Waals surface area contributed by atoms with Gasteiger partial charge < -0.3 is 0 Å². The van der Waals surface area contributed by atoms with Crippen molar-refractivity contribution < 1.29 is 43.7 Å². The zero-order chi connectivity index (χ0) is 44.0. The topological polar surface area (TPSA) is 40.6 Å². The van der Waals surface area contributed by atoms with E-state index in [9.17, 15) is 9.59 Å². The second-order valence-corrected chi connectivity index (χ2v) is 25.4. The Bertz CT molecular complexity index is 1820. The van der Waals surface area contributed by atoms with Crippen LogP contribution in [0.5, 0.6) is 0 Å². The van der Waals surface area contributed by atoms with E-state index in [1.54, 1.807) is 24.3 Å². The number of hydrogen-bond acceptors (Lipinski definition) is 2. The van der Waals surface area contributed by atoms with Crippen LogP contribution < -0.4 is 17.5 Å². The van der Waals surface area contributed by atoms with Gasteiger partial charge in [0, 0.05) is 0 Å². The summed E-state index contributed by atoms with van der Waals surface area (Å²) in [5.74, 6) is -3.73. The summed E-state index contributed by atoms with van der Waals surface area (Å²) >= 11 is -5.35. The Balaban J connectivity index is 2.15. The second-order valence-electron chi connectivity index (χ2n) is 19.5. The molecule has 0 spiro atoms. The van der Waals surface area contributed by atoms with Crippen LogP contribution in [0.4, 0.5) is 28.9 Å². The molecule has 0 aromatic heterocycles. The van der Waals surface area contributed by atoms with E-state index in [1.165, 1.54) is 34.1 Å². The first-order chi connectivity index (χ1) is 27.6. The number of amides is 2. The van der Waals surface area contributed by atoms with Gasteiger partial charge in [-0.3, -0.25) is 0 Å². The molecule has 2 amide bonds. The van der Waals surface area contributed by atoms with E-state index in [4.69, 9.17) is 0 Å². The Morgan fingerprint density at radius 3 is 1.27 bits per heavy atom. The first-order valence-corrected chi connectivity index (χ1v) is 25.1. The van der Waals surface area contributed by atoms with Crippen LogP contribution in [0.1, 0.15) is 134 Å². The summed E-state index contributed by atoms with van der Waals surface area (Å²) in [6, 6.07) is 4.99. The number of anilines is 2. The zero-order valence-corrected chi connectivity index (χ0v) is 39.4. The van der Waals surface area contributed by atoms with Crippen molar-refractivity contribution in [2.45, 2.75) is 134 Å². The Labute approximate surface area is 356 Å². The SMILES string of the molecule is CCCC(C)(C)C(=O)N(CC(C)CC(C)C)c1ccc(F)[c]([Ti]([C]2=CC=CC2)([C]2=CC=CC2)[c]2c(F)ccc(N(CC(C)CC(C)C)C(=O)C(C)(C)CCC)c2F)c1F. The summed E-state index contributed by atoms with van der Waals surface area (Å²) in [6.45, 7) is 24.2. The third kappa shape index (κ3) is 10.5. The van der Waals surface area contributed by atoms with Crippen LogP contribution in [-0.4, -0.2) is 24.9 Å². The number of rotatable bonds is 20. The molecular formula is C50H70F4N2O2Ti. The number of carbonyl (C=O) groups excluding carboxylic acids is 2. The summed E-state index contributed by atoms with van der Waals surface area (Å²) in [7, 11) is 0. The number of hydrogen-bond donors (Lipinski definition) is 0. The van der Waals surface area contributed by atoms with Crippen molar-refractivity contribution >= 4 is 30.9 Å². The number of allylic oxidation sites excluding steroid dienone is 8. The first kappa shape index (κ1) is 48.4. The molecule has 4 nitrogen and oxygen atoms in total. The predicted molar refractivity (Wildman–Crippen MR) is 235 cm³/mol. The molecule has 0 fully saturated rings. The van der Waals surface area contributed by atoms with Crippen molar-refractivity contribution in [2.24, 2.45) is 34.5 Å². The maximum atomic E-state index is 18.3. The Hall–Kier alpha value is -3.23. The fourth-order valence-corrected chi connectivity index (χ4v) is 18.0. The minimum absolute atomic E-state index is 0.0239. The van der Waals surface area contributed by atoms with E-state index in [0.29, 0.717) is 32.4 Å². The van der Waals surface area contributed by atoms with Gasteiger partial charge in [-0.25, -0.2) is 0 Å². The predicted octanol–water partition coefficient (Wildman–Crippen LogP) is 12.7. The fraction of sp³-hybridized carbons (Fsp3) is 0.560. The van der Waals surface area contributed by atoms with Crippen LogP contribution in [-0.2, 0) is 26.2 Å². The van der Waals surface area contributed by atoms with Crippen LogP contribution in [0.15, 0.2) is 68.5 Å². The molecule has 0 heterocycles. The zero-order valence-electron chi connectivity index (χ0n) is 37.9. The number of halogens is 4. The number of benzene rings is 2. The van der Waals surface area contributed by atoms with E-state index < -0.39 is 50.7 Å². The molecule has 2 aliphatic carbocycles. The second kappa shape index (κ2) is 20.1. The molecular weight excluding hydrogens is 784 g/mol. The normalized spacial score (nSPS) is 15.6. The Morgan fingerprint density at radius 1 is 0.627 bits per heavy atom. The van der Waals surface area contributed by atoms with E-state index in [0.717, 1.165) is 25.7 Å². The number of carbonyl (C=O) groups is 2. The van der Waals surface area contributed by atoms with Crippen molar-refractivity contribution in [3.05, 3.63) is 91.7 Å². The van der Waals surface area contributed by atoms with Gasteiger partial charge in [0.1, 0.15) is 0 Å². The van der Waals surface area contributed by atoms with Crippen molar-refractivity contribution in [3.63, 3.8) is 0 Å².